The molecule has 2 heterocycles. The summed E-state index contributed by atoms with van der Waals surface area (Å²) >= 11 is 0. The summed E-state index contributed by atoms with van der Waals surface area (Å²) in [5.74, 6) is -5.11. The van der Waals surface area contributed by atoms with E-state index in [0.717, 1.165) is 4.90 Å². The van der Waals surface area contributed by atoms with Crippen LogP contribution in [0.25, 0.3) is 0 Å². The van der Waals surface area contributed by atoms with Crippen LogP contribution >= 0.6 is 0 Å². The van der Waals surface area contributed by atoms with Crippen molar-refractivity contribution in [1.29, 1.82) is 0 Å². The van der Waals surface area contributed by atoms with E-state index in [1.165, 1.54) is 12.5 Å². The molecule has 0 saturated carbocycles. The second-order valence-electron chi connectivity index (χ2n) is 8.30. The minimum absolute atomic E-state index is 0.147. The third-order valence-electron chi connectivity index (χ3n) is 5.39. The van der Waals surface area contributed by atoms with Crippen molar-refractivity contribution in [3.63, 3.8) is 0 Å². The Morgan fingerprint density at radius 2 is 1.91 bits per heavy atom. The van der Waals surface area contributed by atoms with Crippen LogP contribution in [0.2, 0.25) is 0 Å². The molecular formula is C20H30N6O7. The Kier molecular flexibility index (Phi) is 8.91. The highest BCUT2D eigenvalue weighted by molar-refractivity contribution is 5.96. The van der Waals surface area contributed by atoms with Gasteiger partial charge in [-0.3, -0.25) is 19.2 Å². The maximum absolute atomic E-state index is 12.9. The Hall–Kier alpha value is -3.48. The van der Waals surface area contributed by atoms with Crippen LogP contribution in [0, 0.1) is 5.92 Å². The lowest BCUT2D eigenvalue weighted by Crippen LogP contribution is -2.59. The minimum atomic E-state index is -1.48. The number of H-pyrrole nitrogens is 1. The molecule has 13 heteroatoms. The Balaban J connectivity index is 2.10. The van der Waals surface area contributed by atoms with E-state index >= 15 is 0 Å². The third-order valence-corrected chi connectivity index (χ3v) is 5.39. The molecule has 1 fully saturated rings. The second-order valence-corrected chi connectivity index (χ2v) is 8.30. The number of carbonyl (C=O) groups is 5. The number of nitrogens with one attached hydrogen (secondary N) is 3. The molecule has 1 aromatic rings. The quantitative estimate of drug-likeness (QED) is 0.223. The number of aliphatic carboxylic acids is 2. The fourth-order valence-electron chi connectivity index (χ4n) is 3.64. The number of rotatable bonds is 11. The van der Waals surface area contributed by atoms with Gasteiger partial charge in [0.25, 0.3) is 0 Å². The number of nitrogens with two attached hydrogens (primary N) is 1. The highest BCUT2D eigenvalue weighted by Crippen LogP contribution is 2.19. The van der Waals surface area contributed by atoms with E-state index in [2.05, 4.69) is 20.6 Å². The molecule has 0 aromatic carbocycles. The number of carboxylic acids is 2. The van der Waals surface area contributed by atoms with Crippen LogP contribution in [0.4, 0.5) is 0 Å². The van der Waals surface area contributed by atoms with Crippen molar-refractivity contribution < 1.29 is 34.2 Å². The number of aromatic amines is 1. The van der Waals surface area contributed by atoms with Crippen LogP contribution < -0.4 is 16.4 Å². The number of carbonyl (C=O) groups excluding carboxylic acids is 3. The second kappa shape index (κ2) is 11.4. The molecule has 0 spiro atoms. The first-order chi connectivity index (χ1) is 15.5. The highest BCUT2D eigenvalue weighted by atomic mass is 16.4. The lowest BCUT2D eigenvalue weighted by molar-refractivity contribution is -0.150. The number of nitrogens with zero attached hydrogens (tertiary/aromatic N) is 2. The smallest absolute Gasteiger partial charge is 0.326 e. The first kappa shape index (κ1) is 25.8. The maximum Gasteiger partial charge on any atom is 0.326 e. The number of imidazole rings is 1. The van der Waals surface area contributed by atoms with Gasteiger partial charge in [-0.15, -0.1) is 0 Å². The van der Waals surface area contributed by atoms with Gasteiger partial charge in [-0.2, -0.15) is 0 Å². The van der Waals surface area contributed by atoms with Crippen molar-refractivity contribution in [3.05, 3.63) is 18.2 Å². The lowest BCUT2D eigenvalue weighted by atomic mass is 10.0. The number of aromatic nitrogens is 2. The van der Waals surface area contributed by atoms with E-state index in [4.69, 9.17) is 5.73 Å². The topological polar surface area (TPSA) is 208 Å². The predicted molar refractivity (Wildman–Crippen MR) is 114 cm³/mol. The van der Waals surface area contributed by atoms with Gasteiger partial charge in [0.05, 0.1) is 18.8 Å². The molecule has 4 unspecified atom stereocenters. The largest absolute Gasteiger partial charge is 0.481 e. The number of likely N-dealkylation sites (tertiary alicyclic amines) is 1. The molecule has 3 amide bonds. The molecule has 0 aliphatic carbocycles. The molecule has 0 radical (unpaired) electrons. The van der Waals surface area contributed by atoms with Crippen molar-refractivity contribution in [3.8, 4) is 0 Å². The molecule has 7 N–H and O–H groups in total. The standard InChI is InChI=1S/C20H30N6O7/c1-10(2)16(25-17(29)12(21)6-11-8-22-9-23-11)18(30)24-13(7-15(27)28)19(31)26-5-3-4-14(26)20(32)33/h8-10,12-14,16H,3-7,21H2,1-2H3,(H,22,23)(H,24,30)(H,25,29)(H,27,28)(H,32,33). The van der Waals surface area contributed by atoms with Gasteiger partial charge in [0.2, 0.25) is 17.7 Å². The zero-order valence-corrected chi connectivity index (χ0v) is 18.5. The van der Waals surface area contributed by atoms with E-state index in [-0.39, 0.29) is 19.4 Å². The van der Waals surface area contributed by atoms with Gasteiger partial charge in [0.1, 0.15) is 18.1 Å². The van der Waals surface area contributed by atoms with Crippen molar-refractivity contribution >= 4 is 29.7 Å². The van der Waals surface area contributed by atoms with Crippen LogP contribution in [-0.2, 0) is 30.4 Å². The monoisotopic (exact) mass is 466 g/mol. The average Bonchev–Trinajstić information content (AvgIpc) is 3.41. The van der Waals surface area contributed by atoms with E-state index in [1.54, 1.807) is 13.8 Å². The molecule has 1 aromatic heterocycles. The Morgan fingerprint density at radius 1 is 1.21 bits per heavy atom. The molecular weight excluding hydrogens is 436 g/mol. The van der Waals surface area contributed by atoms with E-state index in [1.807, 2.05) is 0 Å². The molecule has 1 aliphatic rings. The van der Waals surface area contributed by atoms with Gasteiger partial charge in [0, 0.05) is 24.9 Å². The van der Waals surface area contributed by atoms with Crippen molar-refractivity contribution in [1.82, 2.24) is 25.5 Å². The number of carboxylic acid groups (broad SMARTS) is 2. The van der Waals surface area contributed by atoms with Crippen LogP contribution in [0.15, 0.2) is 12.5 Å². The fraction of sp³-hybridized carbons (Fsp3) is 0.600. The molecule has 2 rings (SSSR count). The summed E-state index contributed by atoms with van der Waals surface area (Å²) < 4.78 is 0. The summed E-state index contributed by atoms with van der Waals surface area (Å²) in [5, 5.41) is 23.5. The van der Waals surface area contributed by atoms with E-state index in [9.17, 15) is 34.2 Å². The van der Waals surface area contributed by atoms with Gasteiger partial charge in [-0.1, -0.05) is 13.8 Å². The summed E-state index contributed by atoms with van der Waals surface area (Å²) in [6, 6.07) is -4.63. The van der Waals surface area contributed by atoms with Crippen molar-refractivity contribution in [2.75, 3.05) is 6.54 Å². The van der Waals surface area contributed by atoms with E-state index in [0.29, 0.717) is 12.1 Å². The fourth-order valence-corrected chi connectivity index (χ4v) is 3.64. The Morgan fingerprint density at radius 3 is 2.45 bits per heavy atom. The van der Waals surface area contributed by atoms with Gasteiger partial charge in [-0.25, -0.2) is 9.78 Å². The Labute approximate surface area is 190 Å². The van der Waals surface area contributed by atoms with Gasteiger partial charge in [-0.05, 0) is 18.8 Å². The average molecular weight is 466 g/mol. The molecule has 4 atom stereocenters. The van der Waals surface area contributed by atoms with Gasteiger partial charge in [0.15, 0.2) is 0 Å². The highest BCUT2D eigenvalue weighted by Gasteiger charge is 2.39. The summed E-state index contributed by atoms with van der Waals surface area (Å²) in [7, 11) is 0. The van der Waals surface area contributed by atoms with Gasteiger partial charge < -0.3 is 36.5 Å². The predicted octanol–water partition coefficient (Wildman–Crippen LogP) is -1.54. The normalized spacial score (nSPS) is 18.4. The zero-order chi connectivity index (χ0) is 24.7. The molecule has 182 valence electrons. The first-order valence-electron chi connectivity index (χ1n) is 10.6. The van der Waals surface area contributed by atoms with Crippen LogP contribution in [0.5, 0.6) is 0 Å². The molecule has 13 nitrogen and oxygen atoms in total. The summed E-state index contributed by atoms with van der Waals surface area (Å²) in [6.07, 6.45) is 3.09. The molecule has 1 aliphatic heterocycles. The summed E-state index contributed by atoms with van der Waals surface area (Å²) in [4.78, 5) is 68.8. The number of hydrogen-bond donors (Lipinski definition) is 6. The zero-order valence-electron chi connectivity index (χ0n) is 18.5. The SMILES string of the molecule is CC(C)C(NC(=O)C(N)Cc1cnc[nH]1)C(=O)NC(CC(=O)O)C(=O)N1CCCC1C(=O)O. The minimum Gasteiger partial charge on any atom is -0.481 e. The van der Waals surface area contributed by atoms with Crippen LogP contribution in [0.3, 0.4) is 0 Å². The summed E-state index contributed by atoms with van der Waals surface area (Å²) in [5.41, 5.74) is 6.55. The molecule has 0 bridgehead atoms. The van der Waals surface area contributed by atoms with Crippen molar-refractivity contribution in [2.45, 2.75) is 63.7 Å². The number of amides is 3. The summed E-state index contributed by atoms with van der Waals surface area (Å²) in [6.45, 7) is 3.48. The van der Waals surface area contributed by atoms with Crippen LogP contribution in [-0.4, -0.2) is 85.5 Å². The lowest BCUT2D eigenvalue weighted by Gasteiger charge is -2.29. The van der Waals surface area contributed by atoms with E-state index < -0.39 is 66.2 Å². The number of hydrogen-bond acceptors (Lipinski definition) is 7. The van der Waals surface area contributed by atoms with Crippen molar-refractivity contribution in [2.24, 2.45) is 11.7 Å². The first-order valence-corrected chi connectivity index (χ1v) is 10.6. The molecule has 33 heavy (non-hydrogen) atoms. The maximum atomic E-state index is 12.9. The Bertz CT molecular complexity index is 872. The third kappa shape index (κ3) is 7.00. The van der Waals surface area contributed by atoms with Gasteiger partial charge >= 0.3 is 11.9 Å². The van der Waals surface area contributed by atoms with Crippen LogP contribution in [0.1, 0.15) is 38.8 Å². The molecule has 1 saturated heterocycles.